The lowest BCUT2D eigenvalue weighted by molar-refractivity contribution is 0.768. The summed E-state index contributed by atoms with van der Waals surface area (Å²) in [4.78, 5) is 2.48. The summed E-state index contributed by atoms with van der Waals surface area (Å²) in [6.07, 6.45) is 0. The number of nitrogens with zero attached hydrogens (tertiary/aromatic N) is 1. The Morgan fingerprint density at radius 1 is 0.200 bits per heavy atom. The van der Waals surface area contributed by atoms with Gasteiger partial charge in [0.15, 0.2) is 0 Å². The fraction of sp³-hybridized carbons (Fsp3) is 0.0270. The van der Waals surface area contributed by atoms with E-state index in [1.54, 1.807) is 0 Å². The molecule has 2 aliphatic rings. The predicted molar refractivity (Wildman–Crippen MR) is 314 cm³/mol. The number of hydrogen-bond donors (Lipinski definition) is 0. The molecule has 0 bridgehead atoms. The van der Waals surface area contributed by atoms with Crippen LogP contribution in [0.5, 0.6) is 0 Å². The second-order valence-corrected chi connectivity index (χ2v) is 20.2. The fourth-order valence-electron chi connectivity index (χ4n) is 13.5. The van der Waals surface area contributed by atoms with Crippen LogP contribution in [-0.4, -0.2) is 0 Å². The monoisotopic (exact) mass is 951 g/mol. The van der Waals surface area contributed by atoms with Gasteiger partial charge in [0.05, 0.1) is 10.8 Å². The molecule has 0 aliphatic heterocycles. The highest BCUT2D eigenvalue weighted by atomic mass is 15.1. The van der Waals surface area contributed by atoms with E-state index in [2.05, 4.69) is 302 Å². The van der Waals surface area contributed by atoms with Gasteiger partial charge in [-0.2, -0.15) is 0 Å². The third-order valence-electron chi connectivity index (χ3n) is 16.6. The topological polar surface area (TPSA) is 3.24 Å². The number of fused-ring (bicyclic) bond motifs is 12. The van der Waals surface area contributed by atoms with Crippen molar-refractivity contribution in [3.63, 3.8) is 0 Å². The highest BCUT2D eigenvalue weighted by Crippen LogP contribution is 2.59. The summed E-state index contributed by atoms with van der Waals surface area (Å²) in [6, 6.07) is 111. The lowest BCUT2D eigenvalue weighted by atomic mass is 9.67. The third-order valence-corrected chi connectivity index (χ3v) is 16.6. The van der Waals surface area contributed by atoms with Crippen LogP contribution in [0.1, 0.15) is 44.5 Å². The van der Waals surface area contributed by atoms with Crippen molar-refractivity contribution in [1.29, 1.82) is 0 Å². The average molecular weight is 952 g/mol. The van der Waals surface area contributed by atoms with E-state index in [-0.39, 0.29) is 0 Å². The van der Waals surface area contributed by atoms with Crippen molar-refractivity contribution in [3.05, 3.63) is 342 Å². The molecule has 0 atom stereocenters. The highest BCUT2D eigenvalue weighted by molar-refractivity contribution is 6.25. The lowest BCUT2D eigenvalue weighted by Gasteiger charge is -2.35. The second-order valence-electron chi connectivity index (χ2n) is 20.2. The van der Waals surface area contributed by atoms with Gasteiger partial charge in [0.2, 0.25) is 0 Å². The van der Waals surface area contributed by atoms with Crippen molar-refractivity contribution in [3.8, 4) is 33.4 Å². The minimum atomic E-state index is -0.541. The normalized spacial score (nSPS) is 13.5. The zero-order valence-electron chi connectivity index (χ0n) is 41.2. The van der Waals surface area contributed by atoms with Gasteiger partial charge in [-0.15, -0.1) is 0 Å². The Bertz CT molecular complexity index is 4220. The van der Waals surface area contributed by atoms with Crippen LogP contribution < -0.4 is 4.90 Å². The zero-order valence-corrected chi connectivity index (χ0v) is 41.2. The first-order chi connectivity index (χ1) is 37.2. The van der Waals surface area contributed by atoms with Crippen LogP contribution in [0.2, 0.25) is 0 Å². The molecule has 0 saturated heterocycles. The van der Waals surface area contributed by atoms with Gasteiger partial charge < -0.3 is 4.90 Å². The van der Waals surface area contributed by atoms with Crippen molar-refractivity contribution in [2.45, 2.75) is 10.8 Å². The Balaban J connectivity index is 0.939. The summed E-state index contributed by atoms with van der Waals surface area (Å²) in [7, 11) is 0. The number of rotatable bonds is 8. The van der Waals surface area contributed by atoms with Crippen molar-refractivity contribution in [2.75, 3.05) is 4.90 Å². The number of hydrogen-bond acceptors (Lipinski definition) is 1. The summed E-state index contributed by atoms with van der Waals surface area (Å²) in [5, 5.41) is 7.54. The summed E-state index contributed by atoms with van der Waals surface area (Å²) >= 11 is 0. The average Bonchev–Trinajstić information content (AvgIpc) is 3.99. The molecule has 2 aliphatic carbocycles. The van der Waals surface area contributed by atoms with Crippen LogP contribution in [0.25, 0.3) is 65.7 Å². The van der Waals surface area contributed by atoms with Gasteiger partial charge in [-0.3, -0.25) is 0 Å². The summed E-state index contributed by atoms with van der Waals surface area (Å²) in [5.41, 5.74) is 19.9. The van der Waals surface area contributed by atoms with Gasteiger partial charge in [-0.1, -0.05) is 255 Å². The molecule has 75 heavy (non-hydrogen) atoms. The Morgan fingerprint density at radius 3 is 1.03 bits per heavy atom. The first-order valence-corrected chi connectivity index (χ1v) is 26.2. The number of benzene rings is 13. The minimum absolute atomic E-state index is 0.477. The molecule has 1 nitrogen and oxygen atoms in total. The molecule has 1 heteroatoms. The molecule has 15 rings (SSSR count). The van der Waals surface area contributed by atoms with Gasteiger partial charge in [0.1, 0.15) is 0 Å². The van der Waals surface area contributed by atoms with Crippen LogP contribution in [0.15, 0.2) is 297 Å². The summed E-state index contributed by atoms with van der Waals surface area (Å²) < 4.78 is 0. The maximum Gasteiger partial charge on any atom is 0.0714 e. The van der Waals surface area contributed by atoms with Gasteiger partial charge in [0, 0.05) is 17.1 Å². The molecule has 0 N–H and O–H groups in total. The molecule has 0 amide bonds. The standard InChI is InChI=1S/C74H49N/c1-5-21-52(22-6-1)73(53-23-7-2-8-24-53)69-35-19-17-33-64(69)66-44-39-51(47-71(66)73)50-37-40-56(41-38-50)75(57-42-45-63-61-31-14-13-29-59(61)60-30-15-16-32-62(60)68(63)48-57)58-43-46-67-65-34-18-20-36-70(65)74(72(67)49-58,54-25-9-3-10-26-54)55-27-11-4-12-28-55/h1-49H. The molecule has 0 unspecified atom stereocenters. The Morgan fingerprint density at radius 2 is 0.533 bits per heavy atom. The molecular weight excluding hydrogens is 903 g/mol. The zero-order chi connectivity index (χ0) is 49.5. The lowest BCUT2D eigenvalue weighted by Crippen LogP contribution is -2.28. The van der Waals surface area contributed by atoms with Crippen molar-refractivity contribution in [2.24, 2.45) is 0 Å². The smallest absolute Gasteiger partial charge is 0.0714 e. The molecule has 0 fully saturated rings. The van der Waals surface area contributed by atoms with E-state index in [4.69, 9.17) is 0 Å². The van der Waals surface area contributed by atoms with Crippen LogP contribution >= 0.6 is 0 Å². The quantitative estimate of drug-likeness (QED) is 0.137. The maximum atomic E-state index is 2.48. The van der Waals surface area contributed by atoms with E-state index in [9.17, 15) is 0 Å². The molecule has 0 saturated carbocycles. The highest BCUT2D eigenvalue weighted by Gasteiger charge is 2.47. The minimum Gasteiger partial charge on any atom is -0.310 e. The van der Waals surface area contributed by atoms with E-state index in [0.717, 1.165) is 17.1 Å². The SMILES string of the molecule is c1ccc(C2(c3ccccc3)c3ccccc3-c3ccc(-c4ccc(N(c5ccc6c(c5)C(c5ccccc5)(c5ccccc5)c5ccccc5-6)c5ccc6c7ccccc7c7ccccc7c6c5)cc4)cc32)cc1. The van der Waals surface area contributed by atoms with Gasteiger partial charge in [0.25, 0.3) is 0 Å². The van der Waals surface area contributed by atoms with E-state index < -0.39 is 10.8 Å². The van der Waals surface area contributed by atoms with E-state index in [1.165, 1.54) is 110 Å². The first-order valence-electron chi connectivity index (χ1n) is 26.2. The molecule has 0 heterocycles. The fourth-order valence-corrected chi connectivity index (χ4v) is 13.5. The molecule has 13 aromatic rings. The predicted octanol–water partition coefficient (Wildman–Crippen LogP) is 19.0. The molecule has 13 aromatic carbocycles. The van der Waals surface area contributed by atoms with Crippen LogP contribution in [-0.2, 0) is 10.8 Å². The summed E-state index contributed by atoms with van der Waals surface area (Å²) in [6.45, 7) is 0. The van der Waals surface area contributed by atoms with Crippen molar-refractivity contribution < 1.29 is 0 Å². The third kappa shape index (κ3) is 6.32. The van der Waals surface area contributed by atoms with E-state index in [1.807, 2.05) is 0 Å². The Hall–Kier alpha value is -9.56. The Labute approximate surface area is 437 Å². The van der Waals surface area contributed by atoms with Crippen LogP contribution in [0.4, 0.5) is 17.1 Å². The molecule has 0 aromatic heterocycles. The van der Waals surface area contributed by atoms with Crippen LogP contribution in [0, 0.1) is 0 Å². The van der Waals surface area contributed by atoms with Gasteiger partial charge >= 0.3 is 0 Å². The molecular formula is C74H49N. The Kier molecular flexibility index (Phi) is 9.77. The second kappa shape index (κ2) is 17.0. The first kappa shape index (κ1) is 43.1. The summed E-state index contributed by atoms with van der Waals surface area (Å²) in [5.74, 6) is 0. The maximum absolute atomic E-state index is 2.48. The molecule has 350 valence electrons. The van der Waals surface area contributed by atoms with Crippen molar-refractivity contribution >= 4 is 49.4 Å². The largest absolute Gasteiger partial charge is 0.310 e. The number of anilines is 3. The van der Waals surface area contributed by atoms with Crippen molar-refractivity contribution in [1.82, 2.24) is 0 Å². The van der Waals surface area contributed by atoms with E-state index in [0.29, 0.717) is 0 Å². The van der Waals surface area contributed by atoms with E-state index >= 15 is 0 Å². The molecule has 0 spiro atoms. The van der Waals surface area contributed by atoms with Crippen LogP contribution in [0.3, 0.4) is 0 Å². The molecule has 0 radical (unpaired) electrons. The van der Waals surface area contributed by atoms with Gasteiger partial charge in [-0.05, 0) is 153 Å². The van der Waals surface area contributed by atoms with Gasteiger partial charge in [-0.25, -0.2) is 0 Å².